The van der Waals surface area contributed by atoms with Crippen LogP contribution in [0.25, 0.3) is 0 Å². The fourth-order valence-electron chi connectivity index (χ4n) is 3.89. The highest BCUT2D eigenvalue weighted by molar-refractivity contribution is 5.02. The van der Waals surface area contributed by atoms with Crippen molar-refractivity contribution in [2.75, 3.05) is 0 Å². The summed E-state index contributed by atoms with van der Waals surface area (Å²) in [5.41, 5.74) is 0. The zero-order valence-corrected chi connectivity index (χ0v) is 20.2. The maximum atomic E-state index is 3.79. The molecule has 170 valence electrons. The molecule has 0 atom stereocenters. The minimum atomic E-state index is 1.20. The third-order valence-electron chi connectivity index (χ3n) is 5.89. The summed E-state index contributed by atoms with van der Waals surface area (Å²) in [6.07, 6.45) is 41.9. The molecule has 0 saturated heterocycles. The van der Waals surface area contributed by atoms with Gasteiger partial charge in [0.2, 0.25) is 0 Å². The molecule has 0 amide bonds. The summed E-state index contributed by atoms with van der Waals surface area (Å²) in [5.74, 6) is 0. The molecular weight excluding hydrogens is 348 g/mol. The van der Waals surface area contributed by atoms with Crippen LogP contribution in [0.1, 0.15) is 148 Å². The predicted octanol–water partition coefficient (Wildman–Crippen LogP) is 10.9. The van der Waals surface area contributed by atoms with Crippen molar-refractivity contribution in [3.05, 3.63) is 37.0 Å². The molecule has 0 heteroatoms. The van der Waals surface area contributed by atoms with Gasteiger partial charge in [-0.1, -0.05) is 140 Å². The summed E-state index contributed by atoms with van der Waals surface area (Å²) in [7, 11) is 0. The second-order valence-corrected chi connectivity index (χ2v) is 8.87. The Labute approximate surface area is 185 Å². The molecule has 0 aromatic heterocycles. The van der Waals surface area contributed by atoms with Gasteiger partial charge in [-0.15, -0.1) is 6.58 Å². The van der Waals surface area contributed by atoms with E-state index in [1.807, 2.05) is 6.08 Å². The van der Waals surface area contributed by atoms with E-state index in [2.05, 4.69) is 37.8 Å². The van der Waals surface area contributed by atoms with Crippen molar-refractivity contribution in [1.29, 1.82) is 0 Å². The molecule has 0 bridgehead atoms. The first-order valence-corrected chi connectivity index (χ1v) is 13.3. The first-order chi connectivity index (χ1) is 14.4. The molecule has 29 heavy (non-hydrogen) atoms. The average Bonchev–Trinajstić information content (AvgIpc) is 2.74. The van der Waals surface area contributed by atoms with Gasteiger partial charge >= 0.3 is 0 Å². The van der Waals surface area contributed by atoms with Crippen LogP contribution in [-0.4, -0.2) is 0 Å². The molecule has 0 saturated carbocycles. The average molecular weight is 403 g/mol. The lowest BCUT2D eigenvalue weighted by Crippen LogP contribution is -1.83. The summed E-state index contributed by atoms with van der Waals surface area (Å²) < 4.78 is 0. The van der Waals surface area contributed by atoms with Crippen molar-refractivity contribution in [2.45, 2.75) is 148 Å². The molecule has 0 N–H and O–H groups in total. The zero-order chi connectivity index (χ0) is 21.1. The van der Waals surface area contributed by atoms with Crippen molar-refractivity contribution in [3.63, 3.8) is 0 Å². The Balaban J connectivity index is 3.10. The van der Waals surface area contributed by atoms with Crippen LogP contribution < -0.4 is 0 Å². The first-order valence-electron chi connectivity index (χ1n) is 13.3. The van der Waals surface area contributed by atoms with E-state index in [1.165, 1.54) is 141 Å². The number of hydrogen-bond donors (Lipinski definition) is 0. The lowest BCUT2D eigenvalue weighted by molar-refractivity contribution is 0.531. The maximum absolute atomic E-state index is 3.79. The zero-order valence-electron chi connectivity index (χ0n) is 20.2. The van der Waals surface area contributed by atoms with Gasteiger partial charge < -0.3 is 0 Å². The van der Waals surface area contributed by atoms with Crippen LogP contribution in [0, 0.1) is 0 Å². The largest absolute Gasteiger partial charge is 0.103 e. The topological polar surface area (TPSA) is 0 Å². The third kappa shape index (κ3) is 27.2. The fraction of sp³-hybridized carbons (Fsp3) is 0.793. The van der Waals surface area contributed by atoms with E-state index in [1.54, 1.807) is 0 Å². The van der Waals surface area contributed by atoms with Crippen molar-refractivity contribution < 1.29 is 0 Å². The minimum absolute atomic E-state index is 1.20. The normalized spacial score (nSPS) is 11.8. The molecule has 0 aromatic carbocycles. The van der Waals surface area contributed by atoms with Crippen LogP contribution in [0.3, 0.4) is 0 Å². The Kier molecular flexibility index (Phi) is 26.5. The van der Waals surface area contributed by atoms with Gasteiger partial charge in [-0.05, 0) is 38.5 Å². The second kappa shape index (κ2) is 27.2. The Morgan fingerprint density at radius 1 is 0.414 bits per heavy atom. The van der Waals surface area contributed by atoms with E-state index in [0.717, 1.165) is 0 Å². The molecule has 0 aliphatic carbocycles. The van der Waals surface area contributed by atoms with Gasteiger partial charge in [-0.25, -0.2) is 0 Å². The molecule has 0 spiro atoms. The van der Waals surface area contributed by atoms with Gasteiger partial charge in [0.05, 0.1) is 0 Å². The Hall–Kier alpha value is -0.780. The van der Waals surface area contributed by atoms with Gasteiger partial charge in [-0.3, -0.25) is 0 Å². The monoisotopic (exact) mass is 402 g/mol. The lowest BCUT2D eigenvalue weighted by Gasteiger charge is -2.03. The Morgan fingerprint density at radius 2 is 0.724 bits per heavy atom. The van der Waals surface area contributed by atoms with Gasteiger partial charge in [0.1, 0.15) is 0 Å². The molecule has 0 aromatic rings. The molecule has 0 aliphatic rings. The highest BCUT2D eigenvalue weighted by Gasteiger charge is 1.94. The minimum Gasteiger partial charge on any atom is -0.103 e. The van der Waals surface area contributed by atoms with Gasteiger partial charge in [0, 0.05) is 0 Å². The van der Waals surface area contributed by atoms with Crippen molar-refractivity contribution in [2.24, 2.45) is 0 Å². The van der Waals surface area contributed by atoms with Crippen LogP contribution >= 0.6 is 0 Å². The van der Waals surface area contributed by atoms with E-state index >= 15 is 0 Å². The molecule has 0 fully saturated rings. The van der Waals surface area contributed by atoms with Crippen molar-refractivity contribution in [1.82, 2.24) is 0 Å². The first kappa shape index (κ1) is 28.2. The molecule has 0 aliphatic heterocycles. The number of unbranched alkanes of at least 4 members (excludes halogenated alkanes) is 20. The van der Waals surface area contributed by atoms with E-state index in [9.17, 15) is 0 Å². The maximum Gasteiger partial charge on any atom is -0.0348 e. The highest BCUT2D eigenvalue weighted by atomic mass is 14.0. The predicted molar refractivity (Wildman–Crippen MR) is 136 cm³/mol. The lowest BCUT2D eigenvalue weighted by atomic mass is 10.0. The standard InChI is InChI=1S/C29H54/c1-3-5-7-9-11-13-15-17-19-21-23-25-27-29-28-26-24-22-20-18-16-14-12-10-8-6-4-2/h3,14,16,18,20H,1,4-13,15,17,19,21-29H2,2H3. The summed E-state index contributed by atoms with van der Waals surface area (Å²) in [6, 6.07) is 0. The van der Waals surface area contributed by atoms with Crippen molar-refractivity contribution in [3.8, 4) is 0 Å². The van der Waals surface area contributed by atoms with Crippen LogP contribution in [0.15, 0.2) is 37.0 Å². The summed E-state index contributed by atoms with van der Waals surface area (Å²) in [4.78, 5) is 0. The Bertz CT molecular complexity index is 349. The van der Waals surface area contributed by atoms with Crippen LogP contribution in [0.5, 0.6) is 0 Å². The molecule has 0 heterocycles. The summed E-state index contributed by atoms with van der Waals surface area (Å²) in [6.45, 7) is 6.06. The molecule has 0 rings (SSSR count). The van der Waals surface area contributed by atoms with E-state index in [-0.39, 0.29) is 0 Å². The molecule has 0 radical (unpaired) electrons. The second-order valence-electron chi connectivity index (χ2n) is 8.87. The van der Waals surface area contributed by atoms with E-state index in [4.69, 9.17) is 0 Å². The number of allylic oxidation sites excluding steroid dienone is 5. The van der Waals surface area contributed by atoms with Gasteiger partial charge in [0.25, 0.3) is 0 Å². The van der Waals surface area contributed by atoms with Crippen LogP contribution in [-0.2, 0) is 0 Å². The smallest absolute Gasteiger partial charge is 0.0348 e. The van der Waals surface area contributed by atoms with Crippen LogP contribution in [0.4, 0.5) is 0 Å². The fourth-order valence-corrected chi connectivity index (χ4v) is 3.89. The quantitative estimate of drug-likeness (QED) is 0.0855. The third-order valence-corrected chi connectivity index (χ3v) is 5.89. The molecule has 0 nitrogen and oxygen atoms in total. The van der Waals surface area contributed by atoms with Crippen LogP contribution in [0.2, 0.25) is 0 Å². The molecular formula is C29H54. The number of rotatable bonds is 24. The van der Waals surface area contributed by atoms with E-state index < -0.39 is 0 Å². The van der Waals surface area contributed by atoms with Gasteiger partial charge in [-0.2, -0.15) is 0 Å². The van der Waals surface area contributed by atoms with Crippen molar-refractivity contribution >= 4 is 0 Å². The van der Waals surface area contributed by atoms with E-state index in [0.29, 0.717) is 0 Å². The summed E-state index contributed by atoms with van der Waals surface area (Å²) in [5, 5.41) is 0. The number of hydrogen-bond acceptors (Lipinski definition) is 0. The summed E-state index contributed by atoms with van der Waals surface area (Å²) >= 11 is 0. The molecule has 0 unspecified atom stereocenters. The Morgan fingerprint density at radius 3 is 1.07 bits per heavy atom. The SMILES string of the molecule is C=CCCCCCCCCCCCCCCCCCC=CC=CCCCCCC. The van der Waals surface area contributed by atoms with Gasteiger partial charge in [0.15, 0.2) is 0 Å². The highest BCUT2D eigenvalue weighted by Crippen LogP contribution is 2.14.